The molecule has 0 aliphatic carbocycles. The summed E-state index contributed by atoms with van der Waals surface area (Å²) in [5, 5.41) is 9.28. The maximum Gasteiger partial charge on any atom is 0.410 e. The largest absolute Gasteiger partial charge is 0.478 e. The number of likely N-dealkylation sites (tertiary alicyclic amines) is 1. The van der Waals surface area contributed by atoms with E-state index >= 15 is 0 Å². The maximum absolute atomic E-state index is 12.9. The van der Waals surface area contributed by atoms with Crippen LogP contribution in [0.25, 0.3) is 11.1 Å². The van der Waals surface area contributed by atoms with E-state index in [1.165, 1.54) is 0 Å². The lowest BCUT2D eigenvalue weighted by Gasteiger charge is -2.32. The lowest BCUT2D eigenvalue weighted by atomic mass is 9.95. The Hall–Kier alpha value is -2.82. The standard InChI is InChI=1S/C24H29NO4/c1-24(2,3)29-23(28)25-14-6-4-5-13-21(25)19-11-7-9-17(15-19)18-10-8-12-20(16-18)22(26)27/h7-12,15-16,21H,4-6,13-14H2,1-3H3,(H,26,27)/t21-/m1/s1. The normalized spacial score (nSPS) is 17.5. The van der Waals surface area contributed by atoms with Crippen LogP contribution in [0.3, 0.4) is 0 Å². The molecule has 0 radical (unpaired) electrons. The smallest absolute Gasteiger partial charge is 0.410 e. The van der Waals surface area contributed by atoms with Gasteiger partial charge in [-0.1, -0.05) is 43.2 Å². The van der Waals surface area contributed by atoms with Crippen LogP contribution in [-0.4, -0.2) is 34.2 Å². The first-order valence-corrected chi connectivity index (χ1v) is 10.2. The molecule has 0 aromatic heterocycles. The third-order valence-electron chi connectivity index (χ3n) is 5.10. The zero-order valence-corrected chi connectivity index (χ0v) is 17.4. The second kappa shape index (κ2) is 8.68. The molecule has 5 nitrogen and oxygen atoms in total. The number of carboxylic acid groups (broad SMARTS) is 1. The molecular weight excluding hydrogens is 366 g/mol. The SMILES string of the molecule is CC(C)(C)OC(=O)N1CCCCC[C@@H]1c1cccc(-c2cccc(C(=O)O)c2)c1. The molecule has 29 heavy (non-hydrogen) atoms. The van der Waals surface area contributed by atoms with Crippen LogP contribution in [0.5, 0.6) is 0 Å². The zero-order valence-electron chi connectivity index (χ0n) is 17.4. The van der Waals surface area contributed by atoms with Gasteiger partial charge in [0.05, 0.1) is 11.6 Å². The quantitative estimate of drug-likeness (QED) is 0.702. The summed E-state index contributed by atoms with van der Waals surface area (Å²) in [7, 11) is 0. The van der Waals surface area contributed by atoms with Crippen molar-refractivity contribution in [2.75, 3.05) is 6.54 Å². The molecular formula is C24H29NO4. The predicted molar refractivity (Wildman–Crippen MR) is 113 cm³/mol. The monoisotopic (exact) mass is 395 g/mol. The summed E-state index contributed by atoms with van der Waals surface area (Å²) in [6.07, 6.45) is 3.73. The molecule has 1 atom stereocenters. The Morgan fingerprint density at radius 1 is 1.00 bits per heavy atom. The van der Waals surface area contributed by atoms with Gasteiger partial charge < -0.3 is 14.7 Å². The third-order valence-corrected chi connectivity index (χ3v) is 5.10. The summed E-state index contributed by atoms with van der Waals surface area (Å²) in [5.74, 6) is -0.942. The van der Waals surface area contributed by atoms with E-state index in [0.29, 0.717) is 6.54 Å². The highest BCUT2D eigenvalue weighted by Gasteiger charge is 2.30. The van der Waals surface area contributed by atoms with E-state index in [1.54, 1.807) is 18.2 Å². The molecule has 1 heterocycles. The van der Waals surface area contributed by atoms with Gasteiger partial charge in [-0.15, -0.1) is 0 Å². The van der Waals surface area contributed by atoms with Crippen LogP contribution < -0.4 is 0 Å². The van der Waals surface area contributed by atoms with Crippen LogP contribution in [0.15, 0.2) is 48.5 Å². The number of nitrogens with zero attached hydrogens (tertiary/aromatic N) is 1. The molecule has 1 saturated heterocycles. The minimum Gasteiger partial charge on any atom is -0.478 e. The first-order valence-electron chi connectivity index (χ1n) is 10.2. The molecule has 154 valence electrons. The number of carbonyl (C=O) groups is 2. The van der Waals surface area contributed by atoms with Gasteiger partial charge in [-0.2, -0.15) is 0 Å². The second-order valence-corrected chi connectivity index (χ2v) is 8.55. The van der Waals surface area contributed by atoms with Crippen molar-refractivity contribution in [1.29, 1.82) is 0 Å². The summed E-state index contributed by atoms with van der Waals surface area (Å²) in [6.45, 7) is 6.33. The van der Waals surface area contributed by atoms with Crippen molar-refractivity contribution in [3.8, 4) is 11.1 Å². The number of amides is 1. The first-order chi connectivity index (χ1) is 13.7. The van der Waals surface area contributed by atoms with Crippen LogP contribution in [0.1, 0.15) is 68.4 Å². The van der Waals surface area contributed by atoms with Crippen molar-refractivity contribution in [2.45, 2.75) is 58.1 Å². The Kier molecular flexibility index (Phi) is 6.26. The highest BCUT2D eigenvalue weighted by Crippen LogP contribution is 2.33. The number of rotatable bonds is 3. The van der Waals surface area contributed by atoms with Crippen molar-refractivity contribution in [2.24, 2.45) is 0 Å². The van der Waals surface area contributed by atoms with E-state index in [0.717, 1.165) is 42.4 Å². The number of aromatic carboxylic acids is 1. The highest BCUT2D eigenvalue weighted by atomic mass is 16.6. The van der Waals surface area contributed by atoms with Crippen molar-refractivity contribution < 1.29 is 19.4 Å². The summed E-state index contributed by atoms with van der Waals surface area (Å²) in [4.78, 5) is 26.0. The van der Waals surface area contributed by atoms with Gasteiger partial charge >= 0.3 is 12.1 Å². The van der Waals surface area contributed by atoms with Gasteiger partial charge in [-0.25, -0.2) is 9.59 Å². The Bertz CT molecular complexity index is 884. The van der Waals surface area contributed by atoms with Gasteiger partial charge in [-0.3, -0.25) is 0 Å². The number of carboxylic acids is 1. The van der Waals surface area contributed by atoms with Crippen molar-refractivity contribution >= 4 is 12.1 Å². The highest BCUT2D eigenvalue weighted by molar-refractivity contribution is 5.89. The van der Waals surface area contributed by atoms with E-state index < -0.39 is 11.6 Å². The zero-order chi connectivity index (χ0) is 21.0. The summed E-state index contributed by atoms with van der Waals surface area (Å²) in [6, 6.07) is 14.9. The van der Waals surface area contributed by atoms with Crippen LogP contribution in [0, 0.1) is 0 Å². The molecule has 0 saturated carbocycles. The Morgan fingerprint density at radius 2 is 1.69 bits per heavy atom. The molecule has 1 fully saturated rings. The molecule has 1 amide bonds. The average molecular weight is 395 g/mol. The molecule has 0 bridgehead atoms. The molecule has 1 N–H and O–H groups in total. The Labute approximate surface area is 172 Å². The molecule has 2 aromatic rings. The van der Waals surface area contributed by atoms with Gasteiger partial charge in [0.25, 0.3) is 0 Å². The van der Waals surface area contributed by atoms with E-state index in [1.807, 2.05) is 49.9 Å². The number of hydrogen-bond donors (Lipinski definition) is 1. The maximum atomic E-state index is 12.9. The summed E-state index contributed by atoms with van der Waals surface area (Å²) in [5.41, 5.74) is 2.57. The topological polar surface area (TPSA) is 66.8 Å². The van der Waals surface area contributed by atoms with E-state index in [9.17, 15) is 14.7 Å². The second-order valence-electron chi connectivity index (χ2n) is 8.55. The van der Waals surface area contributed by atoms with Crippen LogP contribution in [0.2, 0.25) is 0 Å². The molecule has 1 aliphatic rings. The van der Waals surface area contributed by atoms with E-state index in [4.69, 9.17) is 4.74 Å². The summed E-state index contributed by atoms with van der Waals surface area (Å²) < 4.78 is 5.66. The Morgan fingerprint density at radius 3 is 2.38 bits per heavy atom. The van der Waals surface area contributed by atoms with Gasteiger partial charge in [0.1, 0.15) is 5.60 Å². The molecule has 0 spiro atoms. The molecule has 0 unspecified atom stereocenters. The number of ether oxygens (including phenoxy) is 1. The van der Waals surface area contributed by atoms with E-state index in [-0.39, 0.29) is 17.7 Å². The lowest BCUT2D eigenvalue weighted by molar-refractivity contribution is 0.0163. The van der Waals surface area contributed by atoms with Crippen LogP contribution in [0.4, 0.5) is 4.79 Å². The fraction of sp³-hybridized carbons (Fsp3) is 0.417. The molecule has 2 aromatic carbocycles. The first kappa shape index (κ1) is 20.9. The van der Waals surface area contributed by atoms with Crippen LogP contribution >= 0.6 is 0 Å². The van der Waals surface area contributed by atoms with Crippen molar-refractivity contribution in [3.63, 3.8) is 0 Å². The molecule has 1 aliphatic heterocycles. The summed E-state index contributed by atoms with van der Waals surface area (Å²) >= 11 is 0. The van der Waals surface area contributed by atoms with Crippen LogP contribution in [-0.2, 0) is 4.74 Å². The fourth-order valence-corrected chi connectivity index (χ4v) is 3.75. The fourth-order valence-electron chi connectivity index (χ4n) is 3.75. The molecule has 3 rings (SSSR count). The number of hydrogen-bond acceptors (Lipinski definition) is 3. The predicted octanol–water partition coefficient (Wildman–Crippen LogP) is 5.90. The third kappa shape index (κ3) is 5.37. The van der Waals surface area contributed by atoms with Gasteiger partial charge in [-0.05, 0) is 68.5 Å². The van der Waals surface area contributed by atoms with Gasteiger partial charge in [0.15, 0.2) is 0 Å². The van der Waals surface area contributed by atoms with E-state index in [2.05, 4.69) is 6.07 Å². The van der Waals surface area contributed by atoms with Crippen molar-refractivity contribution in [3.05, 3.63) is 59.7 Å². The van der Waals surface area contributed by atoms with Gasteiger partial charge in [0, 0.05) is 6.54 Å². The minimum atomic E-state index is -0.942. The number of benzene rings is 2. The average Bonchev–Trinajstić information content (AvgIpc) is 2.93. The number of carbonyl (C=O) groups excluding carboxylic acids is 1. The Balaban J connectivity index is 1.93. The van der Waals surface area contributed by atoms with Gasteiger partial charge in [0.2, 0.25) is 0 Å². The van der Waals surface area contributed by atoms with Crippen molar-refractivity contribution in [1.82, 2.24) is 4.90 Å². The molecule has 5 heteroatoms. The lowest BCUT2D eigenvalue weighted by Crippen LogP contribution is -2.39. The minimum absolute atomic E-state index is 0.0463.